The number of carboxylic acids is 1. The molecule has 0 bridgehead atoms. The van der Waals surface area contributed by atoms with Gasteiger partial charge in [-0.05, 0) is 29.2 Å². The second-order valence-corrected chi connectivity index (χ2v) is 12.0. The number of aromatic amines is 1. The van der Waals surface area contributed by atoms with Crippen LogP contribution >= 0.6 is 42.9 Å². The minimum absolute atomic E-state index is 0.0254. The second kappa shape index (κ2) is 11.1. The SMILES string of the molecule is CCOP(=O)(O)CC(Sc1nnn[nH]1)C1=C(C(=O)O)N2C(=O)[C@@H](NC(=O)C(C#N)SC)[C@@H]2SC1. The molecule has 0 aliphatic carbocycles. The van der Waals surface area contributed by atoms with Crippen LogP contribution in [0.3, 0.4) is 0 Å². The molecular formula is C16H20N7O7PS3. The Morgan fingerprint density at radius 3 is 2.82 bits per heavy atom. The topological polar surface area (TPSA) is 211 Å². The van der Waals surface area contributed by atoms with Gasteiger partial charge in [0.1, 0.15) is 17.1 Å². The molecule has 3 unspecified atom stereocenters. The number of nitrogens with one attached hydrogen (secondary N) is 2. The van der Waals surface area contributed by atoms with Crippen LogP contribution in [0.15, 0.2) is 16.4 Å². The van der Waals surface area contributed by atoms with Gasteiger partial charge >= 0.3 is 13.6 Å². The molecule has 0 aromatic carbocycles. The Kier molecular flexibility index (Phi) is 8.66. The minimum Gasteiger partial charge on any atom is -0.477 e. The average Bonchev–Trinajstić information content (AvgIpc) is 3.29. The van der Waals surface area contributed by atoms with Crippen LogP contribution in [-0.4, -0.2) is 100 Å². The Morgan fingerprint density at radius 1 is 1.53 bits per heavy atom. The molecule has 3 rings (SSSR count). The lowest BCUT2D eigenvalue weighted by Crippen LogP contribution is -2.71. The summed E-state index contributed by atoms with van der Waals surface area (Å²) in [5.74, 6) is -2.59. The number of H-pyrrole nitrogens is 1. The van der Waals surface area contributed by atoms with Crippen molar-refractivity contribution < 1.29 is 33.5 Å². The van der Waals surface area contributed by atoms with Gasteiger partial charge in [-0.3, -0.25) is 19.1 Å². The molecule has 0 saturated carbocycles. The zero-order chi connectivity index (χ0) is 25.0. The molecule has 184 valence electrons. The number of tetrazole rings is 1. The lowest BCUT2D eigenvalue weighted by Gasteiger charge is -2.50. The van der Waals surface area contributed by atoms with Crippen LogP contribution in [0.1, 0.15) is 6.92 Å². The highest BCUT2D eigenvalue weighted by Crippen LogP contribution is 2.50. The van der Waals surface area contributed by atoms with E-state index in [-0.39, 0.29) is 28.8 Å². The monoisotopic (exact) mass is 549 g/mol. The minimum atomic E-state index is -4.10. The van der Waals surface area contributed by atoms with Crippen LogP contribution in [-0.2, 0) is 23.5 Å². The highest BCUT2D eigenvalue weighted by molar-refractivity contribution is 8.01. The fourth-order valence-corrected chi connectivity index (χ4v) is 8.07. The molecule has 1 aromatic rings. The summed E-state index contributed by atoms with van der Waals surface area (Å²) in [6.45, 7) is 1.53. The van der Waals surface area contributed by atoms with Crippen molar-refractivity contribution in [1.82, 2.24) is 30.8 Å². The maximum atomic E-state index is 12.9. The van der Waals surface area contributed by atoms with Crippen molar-refractivity contribution in [2.24, 2.45) is 0 Å². The maximum absolute atomic E-state index is 12.9. The molecule has 3 heterocycles. The molecule has 1 fully saturated rings. The van der Waals surface area contributed by atoms with Crippen molar-refractivity contribution in [2.45, 2.75) is 34.0 Å². The first-order valence-electron chi connectivity index (χ1n) is 9.64. The number of thioether (sulfide) groups is 3. The molecule has 2 aliphatic heterocycles. The van der Waals surface area contributed by atoms with Gasteiger partial charge in [0.25, 0.3) is 5.91 Å². The maximum Gasteiger partial charge on any atom is 0.352 e. The van der Waals surface area contributed by atoms with E-state index in [2.05, 4.69) is 25.9 Å². The number of carbonyl (C=O) groups is 3. The number of fused-ring (bicyclic) bond motifs is 1. The number of carboxylic acid groups (broad SMARTS) is 1. The van der Waals surface area contributed by atoms with E-state index in [1.165, 1.54) is 11.8 Å². The lowest BCUT2D eigenvalue weighted by atomic mass is 10.0. The van der Waals surface area contributed by atoms with Gasteiger partial charge in [-0.25, -0.2) is 9.89 Å². The zero-order valence-corrected chi connectivity index (χ0v) is 21.1. The summed E-state index contributed by atoms with van der Waals surface area (Å²) in [5.41, 5.74) is -0.108. The van der Waals surface area contributed by atoms with E-state index in [0.717, 1.165) is 28.4 Å². The molecule has 14 nitrogen and oxygen atoms in total. The number of aliphatic carboxylic acids is 1. The van der Waals surface area contributed by atoms with Crippen LogP contribution in [0.4, 0.5) is 0 Å². The molecule has 2 amide bonds. The van der Waals surface area contributed by atoms with Gasteiger partial charge < -0.3 is 19.8 Å². The number of rotatable bonds is 11. The molecule has 34 heavy (non-hydrogen) atoms. The highest BCUT2D eigenvalue weighted by atomic mass is 32.2. The molecule has 2 aliphatic rings. The quantitative estimate of drug-likeness (QED) is 0.161. The predicted octanol–water partition coefficient (Wildman–Crippen LogP) is -0.124. The standard InChI is InChI=1S/C16H20N7O7PS3/c1-3-30-31(28,29)5-9(34-16-19-21-22-20-16)7-6-33-14-10(18-12(24)8(4-17)32-2)13(25)23(14)11(7)15(26)27/h8-10,14H,3,5-6H2,1-2H3,(H,18,24)(H,26,27)(H,28,29)(H,19,20,21,22)/t8?,9?,10-,14+/m1/s1. The van der Waals surface area contributed by atoms with Crippen molar-refractivity contribution in [3.05, 3.63) is 11.3 Å². The number of hydrogen-bond acceptors (Lipinski definition) is 12. The molecule has 4 N–H and O–H groups in total. The summed E-state index contributed by atoms with van der Waals surface area (Å²) in [7, 11) is -4.10. The van der Waals surface area contributed by atoms with Crippen LogP contribution in [0.25, 0.3) is 0 Å². The van der Waals surface area contributed by atoms with E-state index < -0.39 is 53.5 Å². The van der Waals surface area contributed by atoms with Gasteiger partial charge in [-0.15, -0.1) is 28.6 Å². The summed E-state index contributed by atoms with van der Waals surface area (Å²) in [6.07, 6.45) is 1.14. The number of hydrogen-bond donors (Lipinski definition) is 4. The van der Waals surface area contributed by atoms with E-state index in [0.29, 0.717) is 0 Å². The number of nitriles is 1. The first kappa shape index (κ1) is 26.5. The fraction of sp³-hybridized carbons (Fsp3) is 0.562. The molecule has 1 saturated heterocycles. The Bertz CT molecular complexity index is 1080. The van der Waals surface area contributed by atoms with Crippen LogP contribution < -0.4 is 5.32 Å². The van der Waals surface area contributed by atoms with Crippen LogP contribution in [0.2, 0.25) is 0 Å². The van der Waals surface area contributed by atoms with Gasteiger partial charge in [0, 0.05) is 11.0 Å². The molecule has 5 atom stereocenters. The summed E-state index contributed by atoms with van der Waals surface area (Å²) < 4.78 is 17.5. The molecule has 18 heteroatoms. The predicted molar refractivity (Wildman–Crippen MR) is 123 cm³/mol. The first-order chi connectivity index (χ1) is 16.1. The van der Waals surface area contributed by atoms with Crippen molar-refractivity contribution in [2.75, 3.05) is 24.8 Å². The third kappa shape index (κ3) is 5.58. The summed E-state index contributed by atoms with van der Waals surface area (Å²) in [4.78, 5) is 48.6. The Hall–Kier alpha value is -2.09. The molecule has 0 spiro atoms. The third-order valence-corrected chi connectivity index (χ3v) is 9.75. The number of aromatic nitrogens is 4. The highest BCUT2D eigenvalue weighted by Gasteiger charge is 2.55. The van der Waals surface area contributed by atoms with Crippen molar-refractivity contribution in [3.63, 3.8) is 0 Å². The first-order valence-corrected chi connectivity index (χ1v) is 14.6. The second-order valence-electron chi connectivity index (χ2n) is 6.87. The fourth-order valence-electron chi connectivity index (χ4n) is 3.35. The van der Waals surface area contributed by atoms with E-state index >= 15 is 0 Å². The number of nitrogens with zero attached hydrogens (tertiary/aromatic N) is 5. The van der Waals surface area contributed by atoms with Crippen molar-refractivity contribution in [3.8, 4) is 6.07 Å². The molecule has 1 aromatic heterocycles. The third-order valence-electron chi connectivity index (χ3n) is 4.79. The Balaban J connectivity index is 1.91. The smallest absolute Gasteiger partial charge is 0.352 e. The van der Waals surface area contributed by atoms with Crippen molar-refractivity contribution >= 4 is 60.7 Å². The number of carbonyl (C=O) groups excluding carboxylic acids is 2. The van der Waals surface area contributed by atoms with Crippen LogP contribution in [0, 0.1) is 11.3 Å². The molecular weight excluding hydrogens is 529 g/mol. The van der Waals surface area contributed by atoms with E-state index in [4.69, 9.17) is 9.79 Å². The number of β-lactam (4-membered cyclic amide) rings is 1. The van der Waals surface area contributed by atoms with Gasteiger partial charge in [-0.2, -0.15) is 5.26 Å². The largest absolute Gasteiger partial charge is 0.477 e. The van der Waals surface area contributed by atoms with Gasteiger partial charge in [-0.1, -0.05) is 11.8 Å². The van der Waals surface area contributed by atoms with Crippen LogP contribution in [0.5, 0.6) is 0 Å². The normalized spacial score (nSPS) is 23.2. The van der Waals surface area contributed by atoms with Crippen molar-refractivity contribution in [1.29, 1.82) is 5.26 Å². The van der Waals surface area contributed by atoms with E-state index in [9.17, 15) is 28.9 Å². The summed E-state index contributed by atoms with van der Waals surface area (Å²) in [5, 5.41) is 32.2. The van der Waals surface area contributed by atoms with Gasteiger partial charge in [0.05, 0.1) is 18.8 Å². The van der Waals surface area contributed by atoms with E-state index in [1.54, 1.807) is 13.2 Å². The lowest BCUT2D eigenvalue weighted by molar-refractivity contribution is -0.150. The van der Waals surface area contributed by atoms with Gasteiger partial charge in [0.15, 0.2) is 5.25 Å². The number of amides is 2. The van der Waals surface area contributed by atoms with Gasteiger partial charge in [0.2, 0.25) is 11.1 Å². The molecule has 0 radical (unpaired) electrons. The average molecular weight is 550 g/mol. The Morgan fingerprint density at radius 2 is 2.26 bits per heavy atom. The van der Waals surface area contributed by atoms with E-state index in [1.807, 2.05) is 6.07 Å². The summed E-state index contributed by atoms with van der Waals surface area (Å²) >= 11 is 3.15. The Labute approximate surface area is 206 Å². The zero-order valence-electron chi connectivity index (χ0n) is 17.8. The summed E-state index contributed by atoms with van der Waals surface area (Å²) in [6, 6.07) is 0.833.